The van der Waals surface area contributed by atoms with E-state index in [1.165, 1.54) is 30.2 Å². The largest absolute Gasteiger partial charge is 0.416 e. The van der Waals surface area contributed by atoms with Crippen LogP contribution in [0.5, 0.6) is 0 Å². The Bertz CT molecular complexity index is 579. The van der Waals surface area contributed by atoms with Gasteiger partial charge in [0, 0.05) is 5.56 Å². The zero-order valence-electron chi connectivity index (χ0n) is 9.53. The summed E-state index contributed by atoms with van der Waals surface area (Å²) >= 11 is 1.37. The first kappa shape index (κ1) is 13.5. The Hall–Kier alpha value is -1.94. The van der Waals surface area contributed by atoms with E-state index in [0.29, 0.717) is 16.5 Å². The van der Waals surface area contributed by atoms with E-state index in [2.05, 4.69) is 27.0 Å². The lowest BCUT2D eigenvalue weighted by molar-refractivity contribution is -0.137. The predicted molar refractivity (Wildman–Crippen MR) is 65.4 cm³/mol. The minimum atomic E-state index is -4.31. The summed E-state index contributed by atoms with van der Waals surface area (Å²) in [4.78, 5) is 3.90. The number of aromatic amines is 1. The fourth-order valence-corrected chi connectivity index (χ4v) is 1.77. The molecule has 7 heteroatoms. The topological polar surface area (TPSA) is 41.6 Å². The average molecular weight is 283 g/mol. The number of aromatic nitrogens is 3. The lowest BCUT2D eigenvalue weighted by Gasteiger charge is -2.05. The highest BCUT2D eigenvalue weighted by Crippen LogP contribution is 2.28. The fraction of sp³-hybridized carbons (Fsp3) is 0.167. The summed E-state index contributed by atoms with van der Waals surface area (Å²) in [6.07, 6.45) is -2.92. The van der Waals surface area contributed by atoms with Crippen LogP contribution in [0.15, 0.2) is 35.7 Å². The summed E-state index contributed by atoms with van der Waals surface area (Å²) in [5.41, 5.74) is -0.125. The first-order valence-corrected chi connectivity index (χ1v) is 6.18. The Morgan fingerprint density at radius 2 is 1.95 bits per heavy atom. The number of thioether (sulfide) groups is 1. The summed E-state index contributed by atoms with van der Waals surface area (Å²) in [5.74, 6) is 6.11. The van der Waals surface area contributed by atoms with Crippen molar-refractivity contribution >= 4 is 11.8 Å². The van der Waals surface area contributed by atoms with Gasteiger partial charge in [0.25, 0.3) is 0 Å². The second-order valence-corrected chi connectivity index (χ2v) is 4.42. The number of alkyl halides is 3. The number of hydrogen-bond donors (Lipinski definition) is 1. The summed E-state index contributed by atoms with van der Waals surface area (Å²) in [7, 11) is 0. The molecule has 2 rings (SSSR count). The molecular formula is C12H8F3N3S. The van der Waals surface area contributed by atoms with Crippen LogP contribution in [0.4, 0.5) is 13.2 Å². The van der Waals surface area contributed by atoms with Gasteiger partial charge in [0.1, 0.15) is 6.33 Å². The van der Waals surface area contributed by atoms with Gasteiger partial charge in [-0.05, 0) is 24.3 Å². The third-order valence-electron chi connectivity index (χ3n) is 2.12. The van der Waals surface area contributed by atoms with Crippen molar-refractivity contribution in [2.24, 2.45) is 0 Å². The second-order valence-electron chi connectivity index (χ2n) is 3.46. The van der Waals surface area contributed by atoms with E-state index in [1.54, 1.807) is 0 Å². The molecule has 98 valence electrons. The molecule has 0 fully saturated rings. The molecule has 0 atom stereocenters. The van der Waals surface area contributed by atoms with E-state index in [-0.39, 0.29) is 0 Å². The van der Waals surface area contributed by atoms with Gasteiger partial charge in [-0.3, -0.25) is 5.10 Å². The zero-order chi connectivity index (χ0) is 13.7. The molecule has 0 radical (unpaired) electrons. The highest BCUT2D eigenvalue weighted by Gasteiger charge is 2.29. The van der Waals surface area contributed by atoms with Crippen molar-refractivity contribution in [1.82, 2.24) is 15.2 Å². The summed E-state index contributed by atoms with van der Waals surface area (Å²) in [5, 5.41) is 7.00. The summed E-state index contributed by atoms with van der Waals surface area (Å²) in [6.45, 7) is 0. The maximum Gasteiger partial charge on any atom is 0.416 e. The molecule has 0 bridgehead atoms. The van der Waals surface area contributed by atoms with Crippen molar-refractivity contribution in [2.75, 3.05) is 5.75 Å². The fourth-order valence-electron chi connectivity index (χ4n) is 1.25. The normalized spacial score (nSPS) is 10.9. The van der Waals surface area contributed by atoms with Gasteiger partial charge in [-0.15, -0.1) is 0 Å². The molecule has 1 aromatic carbocycles. The molecule has 0 aliphatic carbocycles. The first-order chi connectivity index (χ1) is 9.05. The minimum Gasteiger partial charge on any atom is -0.254 e. The van der Waals surface area contributed by atoms with Crippen molar-refractivity contribution in [3.63, 3.8) is 0 Å². The van der Waals surface area contributed by atoms with Crippen LogP contribution in [0.1, 0.15) is 11.1 Å². The molecule has 1 N–H and O–H groups in total. The molecule has 19 heavy (non-hydrogen) atoms. The van der Waals surface area contributed by atoms with E-state index < -0.39 is 11.7 Å². The minimum absolute atomic E-state index is 0.482. The van der Waals surface area contributed by atoms with Crippen molar-refractivity contribution in [1.29, 1.82) is 0 Å². The Balaban J connectivity index is 1.93. The van der Waals surface area contributed by atoms with Crippen LogP contribution in [0.2, 0.25) is 0 Å². The Morgan fingerprint density at radius 1 is 1.21 bits per heavy atom. The maximum atomic E-state index is 12.3. The monoisotopic (exact) mass is 283 g/mol. The summed E-state index contributed by atoms with van der Waals surface area (Å²) < 4.78 is 37.0. The number of hydrogen-bond acceptors (Lipinski definition) is 3. The molecular weight excluding hydrogens is 275 g/mol. The van der Waals surface area contributed by atoms with E-state index >= 15 is 0 Å². The van der Waals surface area contributed by atoms with Crippen LogP contribution < -0.4 is 0 Å². The number of halogens is 3. The molecule has 0 saturated heterocycles. The molecule has 1 heterocycles. The molecule has 0 aliphatic heterocycles. The van der Waals surface area contributed by atoms with Gasteiger partial charge in [0.2, 0.25) is 0 Å². The smallest absolute Gasteiger partial charge is 0.254 e. The third kappa shape index (κ3) is 4.03. The maximum absolute atomic E-state index is 12.3. The molecule has 0 aliphatic rings. The van der Waals surface area contributed by atoms with Crippen LogP contribution in [-0.4, -0.2) is 20.9 Å². The van der Waals surface area contributed by atoms with Crippen LogP contribution in [0.3, 0.4) is 0 Å². The van der Waals surface area contributed by atoms with Gasteiger partial charge < -0.3 is 0 Å². The van der Waals surface area contributed by atoms with Gasteiger partial charge in [0.15, 0.2) is 5.16 Å². The SMILES string of the molecule is FC(F)(F)c1ccc(C#CCSc2ncn[nH]2)cc1. The number of nitrogens with zero attached hydrogens (tertiary/aromatic N) is 2. The van der Waals surface area contributed by atoms with Gasteiger partial charge in [-0.1, -0.05) is 23.6 Å². The van der Waals surface area contributed by atoms with Gasteiger partial charge in [-0.25, -0.2) is 4.98 Å². The van der Waals surface area contributed by atoms with E-state index in [1.807, 2.05) is 0 Å². The van der Waals surface area contributed by atoms with E-state index in [9.17, 15) is 13.2 Å². The molecule has 0 spiro atoms. The molecule has 2 aromatic rings. The predicted octanol–water partition coefficient (Wildman–Crippen LogP) is 2.97. The zero-order valence-corrected chi connectivity index (χ0v) is 10.3. The van der Waals surface area contributed by atoms with E-state index in [0.717, 1.165) is 12.1 Å². The second kappa shape index (κ2) is 5.80. The Kier molecular flexibility index (Phi) is 4.12. The van der Waals surface area contributed by atoms with E-state index in [4.69, 9.17) is 0 Å². The first-order valence-electron chi connectivity index (χ1n) is 5.20. The summed E-state index contributed by atoms with van der Waals surface area (Å²) in [6, 6.07) is 4.76. The number of nitrogens with one attached hydrogen (secondary N) is 1. The highest BCUT2D eigenvalue weighted by molar-refractivity contribution is 7.99. The van der Waals surface area contributed by atoms with Crippen LogP contribution in [0.25, 0.3) is 0 Å². The average Bonchev–Trinajstić information content (AvgIpc) is 2.87. The van der Waals surface area contributed by atoms with Crippen LogP contribution >= 0.6 is 11.8 Å². The lowest BCUT2D eigenvalue weighted by Crippen LogP contribution is -2.04. The number of benzene rings is 1. The standard InChI is InChI=1S/C12H8F3N3S/c13-12(14,15)10-5-3-9(4-6-10)2-1-7-19-11-16-8-17-18-11/h3-6,8H,7H2,(H,16,17,18). The van der Waals surface area contributed by atoms with Crippen LogP contribution in [-0.2, 0) is 6.18 Å². The van der Waals surface area contributed by atoms with Crippen LogP contribution in [0, 0.1) is 11.8 Å². The molecule has 0 saturated carbocycles. The number of H-pyrrole nitrogens is 1. The molecule has 0 amide bonds. The Morgan fingerprint density at radius 3 is 2.53 bits per heavy atom. The lowest BCUT2D eigenvalue weighted by atomic mass is 10.1. The molecule has 1 aromatic heterocycles. The third-order valence-corrected chi connectivity index (χ3v) is 2.88. The number of rotatable bonds is 2. The Labute approximate surface area is 111 Å². The molecule has 0 unspecified atom stereocenters. The van der Waals surface area contributed by atoms with Gasteiger partial charge >= 0.3 is 6.18 Å². The van der Waals surface area contributed by atoms with Crippen molar-refractivity contribution < 1.29 is 13.2 Å². The van der Waals surface area contributed by atoms with Gasteiger partial charge in [-0.2, -0.15) is 18.3 Å². The van der Waals surface area contributed by atoms with Gasteiger partial charge in [0.05, 0.1) is 11.3 Å². The van der Waals surface area contributed by atoms with Crippen molar-refractivity contribution in [3.05, 3.63) is 41.7 Å². The highest BCUT2D eigenvalue weighted by atomic mass is 32.2. The quantitative estimate of drug-likeness (QED) is 0.680. The molecule has 3 nitrogen and oxygen atoms in total. The van der Waals surface area contributed by atoms with Crippen molar-refractivity contribution in [2.45, 2.75) is 11.3 Å². The van der Waals surface area contributed by atoms with Crippen molar-refractivity contribution in [3.8, 4) is 11.8 Å².